The van der Waals surface area contributed by atoms with Crippen LogP contribution in [0.25, 0.3) is 0 Å². The highest BCUT2D eigenvalue weighted by Crippen LogP contribution is 2.27. The summed E-state index contributed by atoms with van der Waals surface area (Å²) in [6.07, 6.45) is 2.98. The number of aryl methyl sites for hydroxylation is 2. The van der Waals surface area contributed by atoms with Crippen molar-refractivity contribution in [2.45, 2.75) is 19.3 Å². The first-order chi connectivity index (χ1) is 9.58. The molecule has 4 heteroatoms. The highest BCUT2D eigenvalue weighted by Gasteiger charge is 2.22. The molecule has 0 aliphatic heterocycles. The van der Waals surface area contributed by atoms with Crippen molar-refractivity contribution < 1.29 is 13.6 Å². The van der Waals surface area contributed by atoms with Crippen LogP contribution in [0.2, 0.25) is 0 Å². The fraction of sp³-hybridized carbons (Fsp3) is 0.188. The van der Waals surface area contributed by atoms with E-state index in [-0.39, 0.29) is 4.47 Å². The quantitative estimate of drug-likeness (QED) is 0.585. The number of halogens is 3. The molecule has 0 N–H and O–H groups in total. The van der Waals surface area contributed by atoms with Gasteiger partial charge in [0.2, 0.25) is 0 Å². The van der Waals surface area contributed by atoms with Crippen molar-refractivity contribution >= 4 is 21.7 Å². The van der Waals surface area contributed by atoms with Crippen molar-refractivity contribution in [3.63, 3.8) is 0 Å². The minimum Gasteiger partial charge on any atom is -0.288 e. The maximum atomic E-state index is 14.0. The zero-order valence-corrected chi connectivity index (χ0v) is 12.1. The largest absolute Gasteiger partial charge is 0.288 e. The van der Waals surface area contributed by atoms with Gasteiger partial charge >= 0.3 is 0 Å². The third-order valence-electron chi connectivity index (χ3n) is 3.63. The predicted molar refractivity (Wildman–Crippen MR) is 76.0 cm³/mol. The van der Waals surface area contributed by atoms with Gasteiger partial charge in [-0.2, -0.15) is 0 Å². The Balaban J connectivity index is 2.07. The number of fused-ring (bicyclic) bond motifs is 1. The van der Waals surface area contributed by atoms with Gasteiger partial charge in [0, 0.05) is 5.56 Å². The van der Waals surface area contributed by atoms with Crippen LogP contribution in [-0.2, 0) is 12.8 Å². The molecule has 0 aromatic heterocycles. The fourth-order valence-corrected chi connectivity index (χ4v) is 2.92. The molecule has 0 amide bonds. The smallest absolute Gasteiger partial charge is 0.198 e. The summed E-state index contributed by atoms with van der Waals surface area (Å²) in [5, 5.41) is 0. The Morgan fingerprint density at radius 3 is 2.60 bits per heavy atom. The average Bonchev–Trinajstić information content (AvgIpc) is 2.90. The highest BCUT2D eigenvalue weighted by molar-refractivity contribution is 9.10. The van der Waals surface area contributed by atoms with Crippen molar-refractivity contribution in [1.29, 1.82) is 0 Å². The van der Waals surface area contributed by atoms with E-state index in [1.807, 2.05) is 6.07 Å². The molecule has 0 radical (unpaired) electrons. The number of benzene rings is 2. The molecule has 1 aliphatic carbocycles. The number of carbonyl (C=O) groups is 1. The van der Waals surface area contributed by atoms with Crippen LogP contribution in [0.3, 0.4) is 0 Å². The van der Waals surface area contributed by atoms with Crippen LogP contribution in [0.1, 0.15) is 33.5 Å². The molecule has 2 aromatic rings. The van der Waals surface area contributed by atoms with Crippen LogP contribution in [0.4, 0.5) is 8.78 Å². The van der Waals surface area contributed by atoms with Gasteiger partial charge in [0.1, 0.15) is 5.82 Å². The molecule has 0 saturated carbocycles. The molecule has 0 saturated heterocycles. The summed E-state index contributed by atoms with van der Waals surface area (Å²) in [5.74, 6) is -2.30. The summed E-state index contributed by atoms with van der Waals surface area (Å²) >= 11 is 2.98. The lowest BCUT2D eigenvalue weighted by atomic mass is 9.98. The Morgan fingerprint density at radius 1 is 1.05 bits per heavy atom. The van der Waals surface area contributed by atoms with E-state index in [1.165, 1.54) is 11.6 Å². The third kappa shape index (κ3) is 2.18. The molecular weight excluding hydrogens is 326 g/mol. The zero-order chi connectivity index (χ0) is 14.3. The van der Waals surface area contributed by atoms with Gasteiger partial charge < -0.3 is 0 Å². The molecule has 0 bridgehead atoms. The summed E-state index contributed by atoms with van der Waals surface area (Å²) in [6, 6.07) is 7.62. The first-order valence-corrected chi connectivity index (χ1v) is 7.17. The fourth-order valence-electron chi connectivity index (χ4n) is 2.59. The van der Waals surface area contributed by atoms with E-state index in [2.05, 4.69) is 15.9 Å². The molecule has 1 nitrogen and oxygen atoms in total. The van der Waals surface area contributed by atoms with E-state index in [1.54, 1.807) is 12.1 Å². The van der Waals surface area contributed by atoms with E-state index in [0.717, 1.165) is 30.9 Å². The monoisotopic (exact) mass is 336 g/mol. The Kier molecular flexibility index (Phi) is 3.42. The van der Waals surface area contributed by atoms with Crippen molar-refractivity contribution in [3.8, 4) is 0 Å². The predicted octanol–water partition coefficient (Wildman–Crippen LogP) is 4.45. The molecule has 0 atom stereocenters. The van der Waals surface area contributed by atoms with E-state index >= 15 is 0 Å². The molecule has 0 fully saturated rings. The van der Waals surface area contributed by atoms with Crippen LogP contribution in [-0.4, -0.2) is 5.78 Å². The van der Waals surface area contributed by atoms with Crippen LogP contribution < -0.4 is 0 Å². The van der Waals surface area contributed by atoms with Crippen molar-refractivity contribution in [1.82, 2.24) is 0 Å². The molecule has 3 rings (SSSR count). The second-order valence-electron chi connectivity index (χ2n) is 4.88. The maximum absolute atomic E-state index is 14.0. The van der Waals surface area contributed by atoms with Crippen molar-refractivity contribution in [2.75, 3.05) is 0 Å². The Bertz CT molecular complexity index is 710. The van der Waals surface area contributed by atoms with Gasteiger partial charge in [-0.1, -0.05) is 12.1 Å². The molecule has 0 spiro atoms. The molecule has 1 aliphatic rings. The van der Waals surface area contributed by atoms with Gasteiger partial charge in [0.25, 0.3) is 0 Å². The number of carbonyl (C=O) groups excluding carboxylic acids is 1. The standard InChI is InChI=1S/C16H11BrF2O/c17-12-6-7-13(18)14(15(12)19)16(20)11-5-4-9-2-1-3-10(9)8-11/h4-8H,1-3H2. The zero-order valence-electron chi connectivity index (χ0n) is 10.6. The Hall–Kier alpha value is -1.55. The van der Waals surface area contributed by atoms with E-state index in [9.17, 15) is 13.6 Å². The maximum Gasteiger partial charge on any atom is 0.198 e. The molecular formula is C16H11BrF2O. The lowest BCUT2D eigenvalue weighted by Crippen LogP contribution is -2.08. The van der Waals surface area contributed by atoms with Crippen LogP contribution in [0, 0.1) is 11.6 Å². The second kappa shape index (κ2) is 5.09. The van der Waals surface area contributed by atoms with E-state index in [0.29, 0.717) is 5.56 Å². The van der Waals surface area contributed by atoms with Gasteiger partial charge in [-0.25, -0.2) is 8.78 Å². The minimum absolute atomic E-state index is 0.0865. The third-order valence-corrected chi connectivity index (χ3v) is 4.24. The normalized spacial score (nSPS) is 13.3. The van der Waals surface area contributed by atoms with Gasteiger partial charge in [-0.3, -0.25) is 4.79 Å². The number of rotatable bonds is 2. The van der Waals surface area contributed by atoms with Crippen LogP contribution >= 0.6 is 15.9 Å². The molecule has 2 aromatic carbocycles. The molecule has 102 valence electrons. The molecule has 20 heavy (non-hydrogen) atoms. The first kappa shape index (κ1) is 13.4. The average molecular weight is 337 g/mol. The summed E-state index contributed by atoms with van der Waals surface area (Å²) in [5.41, 5.74) is 2.15. The van der Waals surface area contributed by atoms with Crippen LogP contribution in [0.15, 0.2) is 34.8 Å². The highest BCUT2D eigenvalue weighted by atomic mass is 79.9. The van der Waals surface area contributed by atoms with Crippen molar-refractivity contribution in [2.24, 2.45) is 0 Å². The summed E-state index contributed by atoms with van der Waals surface area (Å²) in [7, 11) is 0. The SMILES string of the molecule is O=C(c1ccc2c(c1)CCC2)c1c(F)ccc(Br)c1F. The Labute approximate surface area is 123 Å². The van der Waals surface area contributed by atoms with Gasteiger partial charge in [0.05, 0.1) is 10.0 Å². The summed E-state index contributed by atoms with van der Waals surface area (Å²) < 4.78 is 27.8. The van der Waals surface area contributed by atoms with Gasteiger partial charge in [0.15, 0.2) is 11.6 Å². The lowest BCUT2D eigenvalue weighted by molar-refractivity contribution is 0.103. The van der Waals surface area contributed by atoms with E-state index < -0.39 is 23.0 Å². The lowest BCUT2D eigenvalue weighted by Gasteiger charge is -2.07. The number of hydrogen-bond acceptors (Lipinski definition) is 1. The first-order valence-electron chi connectivity index (χ1n) is 6.38. The minimum atomic E-state index is -0.851. The number of hydrogen-bond donors (Lipinski definition) is 0. The van der Waals surface area contributed by atoms with E-state index in [4.69, 9.17) is 0 Å². The topological polar surface area (TPSA) is 17.1 Å². The van der Waals surface area contributed by atoms with Crippen molar-refractivity contribution in [3.05, 3.63) is 68.7 Å². The van der Waals surface area contributed by atoms with Gasteiger partial charge in [-0.15, -0.1) is 0 Å². The number of ketones is 1. The van der Waals surface area contributed by atoms with Gasteiger partial charge in [-0.05, 0) is 64.5 Å². The summed E-state index contributed by atoms with van der Waals surface area (Å²) in [4.78, 5) is 12.3. The second-order valence-corrected chi connectivity index (χ2v) is 5.74. The van der Waals surface area contributed by atoms with Crippen LogP contribution in [0.5, 0.6) is 0 Å². The summed E-state index contributed by atoms with van der Waals surface area (Å²) in [6.45, 7) is 0. The molecule has 0 heterocycles. The molecule has 0 unspecified atom stereocenters. The Morgan fingerprint density at radius 2 is 1.80 bits per heavy atom.